The van der Waals surface area contributed by atoms with Crippen LogP contribution >= 0.6 is 0 Å². The summed E-state index contributed by atoms with van der Waals surface area (Å²) in [5.74, 6) is 3.89. The zero-order valence-electron chi connectivity index (χ0n) is 35.7. The minimum Gasteiger partial charge on any atom is -0.354 e. The average Bonchev–Trinajstić information content (AvgIpc) is 4.08. The van der Waals surface area contributed by atoms with Gasteiger partial charge in [-0.05, 0) is 169 Å². The van der Waals surface area contributed by atoms with Crippen molar-refractivity contribution in [3.05, 3.63) is 166 Å². The predicted octanol–water partition coefficient (Wildman–Crippen LogP) is 15.4. The van der Waals surface area contributed by atoms with Gasteiger partial charge >= 0.3 is 0 Å². The molecule has 4 aromatic carbocycles. The van der Waals surface area contributed by atoms with Gasteiger partial charge in [0.25, 0.3) is 0 Å². The Bertz CT molecular complexity index is 3230. The second-order valence-electron chi connectivity index (χ2n) is 21.1. The SMILES string of the molecule is C1=CC2CCC1c1cc3c(cc12)-c1cc2[nH]c(cc4nc(cc5[nH]c(cc-3n1)c1cc3c(cc51)C1C=CC3CC1)-c1cc3c(cc1-4)C1C=CC3CC1)c1cc3c(cc21)C1C=CC3CC1. The number of hydrogen-bond acceptors (Lipinski definition) is 2. The third-order valence-corrected chi connectivity index (χ3v) is 18.0. The van der Waals surface area contributed by atoms with Crippen LogP contribution in [0.2, 0.25) is 0 Å². The monoisotopic (exact) mass is 822 g/mol. The lowest BCUT2D eigenvalue weighted by molar-refractivity contribution is 0.554. The number of aromatic amines is 2. The molecule has 12 aliphatic carbocycles. The van der Waals surface area contributed by atoms with Gasteiger partial charge in [-0.1, -0.05) is 48.6 Å². The second kappa shape index (κ2) is 11.8. The summed E-state index contributed by atoms with van der Waals surface area (Å²) in [6.45, 7) is 0. The highest BCUT2D eigenvalue weighted by molar-refractivity contribution is 6.11. The van der Waals surface area contributed by atoms with Crippen molar-refractivity contribution < 1.29 is 0 Å². The lowest BCUT2D eigenvalue weighted by Crippen LogP contribution is -2.17. The van der Waals surface area contributed by atoms with Gasteiger partial charge in [0, 0.05) is 113 Å². The van der Waals surface area contributed by atoms with Gasteiger partial charge in [0.2, 0.25) is 0 Å². The zero-order valence-corrected chi connectivity index (χ0v) is 35.7. The number of benzene rings is 4. The van der Waals surface area contributed by atoms with Gasteiger partial charge in [-0.3, -0.25) is 0 Å². The van der Waals surface area contributed by atoms with Crippen LogP contribution < -0.4 is 0 Å². The Kier molecular flexibility index (Phi) is 6.25. The van der Waals surface area contributed by atoms with Gasteiger partial charge in [0.15, 0.2) is 0 Å². The van der Waals surface area contributed by atoms with E-state index in [0.29, 0.717) is 47.3 Å². The largest absolute Gasteiger partial charge is 0.354 e. The number of fused-ring (bicyclic) bond motifs is 24. The van der Waals surface area contributed by atoms with Crippen LogP contribution in [0.4, 0.5) is 0 Å². The first kappa shape index (κ1) is 34.0. The lowest BCUT2D eigenvalue weighted by Gasteiger charge is -2.34. The van der Waals surface area contributed by atoms with E-state index < -0.39 is 0 Å². The van der Waals surface area contributed by atoms with Crippen LogP contribution in [0.1, 0.15) is 143 Å². The van der Waals surface area contributed by atoms with Crippen molar-refractivity contribution in [1.29, 1.82) is 0 Å². The quantitative estimate of drug-likeness (QED) is 0.150. The molecule has 2 N–H and O–H groups in total. The summed E-state index contributed by atoms with van der Waals surface area (Å²) in [4.78, 5) is 19.5. The predicted molar refractivity (Wildman–Crippen MR) is 260 cm³/mol. The number of allylic oxidation sites excluding steroid dienone is 8. The molecule has 0 saturated heterocycles. The molecule has 0 fully saturated rings. The number of hydrogen-bond donors (Lipinski definition) is 2. The highest BCUT2D eigenvalue weighted by Crippen LogP contribution is 2.54. The fourth-order valence-corrected chi connectivity index (χ4v) is 14.7. The Labute approximate surface area is 371 Å². The van der Waals surface area contributed by atoms with E-state index in [9.17, 15) is 0 Å². The van der Waals surface area contributed by atoms with E-state index in [1.807, 2.05) is 0 Å². The maximum absolute atomic E-state index is 5.68. The number of H-pyrrole nitrogens is 2. The van der Waals surface area contributed by atoms with Crippen LogP contribution in [0.25, 0.3) is 88.6 Å². The molecule has 4 heteroatoms. The Hall–Kier alpha value is -6.52. The maximum Gasteiger partial charge on any atom is 0.0737 e. The third kappa shape index (κ3) is 4.40. The molecule has 3 aromatic heterocycles. The molecule has 4 nitrogen and oxygen atoms in total. The first-order chi connectivity index (χ1) is 31.6. The third-order valence-electron chi connectivity index (χ3n) is 18.0. The molecule has 21 rings (SSSR count). The van der Waals surface area contributed by atoms with E-state index in [4.69, 9.17) is 9.97 Å². The standard InChI is InChI=1S/C60H46N4/c1-2-30-4-3-29(1)37-17-45-46(18-38(30)37)54-26-56-49-21-41-33-9-11-34(12-10-33)42(41)22-50(49)58(63-56)28-60-52-24-44-36-15-13-35(14-16-36)43(44)23-51(52)59(64-60)27-57-48-20-40-32-7-5-31(6-8-32)39(40)19-47(48)55(62-57)25-53(45)61-54/h1-2,5,7,9,11,13,15,17-36,61,64H,3-4,6,8,10,12,14,16H2. The number of rotatable bonds is 0. The van der Waals surface area contributed by atoms with Crippen LogP contribution in [0.3, 0.4) is 0 Å². The van der Waals surface area contributed by atoms with E-state index >= 15 is 0 Å². The number of nitrogens with one attached hydrogen (secondary N) is 2. The van der Waals surface area contributed by atoms with Crippen molar-refractivity contribution in [3.8, 4) is 45.0 Å². The Morgan fingerprint density at radius 2 is 0.469 bits per heavy atom. The smallest absolute Gasteiger partial charge is 0.0737 e. The summed E-state index contributed by atoms with van der Waals surface area (Å²) in [6.07, 6.45) is 29.6. The summed E-state index contributed by atoms with van der Waals surface area (Å²) >= 11 is 0. The molecular formula is C60H46N4. The Balaban J connectivity index is 1.02. The van der Waals surface area contributed by atoms with E-state index in [2.05, 4.69) is 131 Å². The van der Waals surface area contributed by atoms with Crippen LogP contribution in [-0.4, -0.2) is 19.9 Å². The van der Waals surface area contributed by atoms with Gasteiger partial charge in [-0.15, -0.1) is 0 Å². The van der Waals surface area contributed by atoms with Crippen molar-refractivity contribution >= 4 is 43.6 Å². The van der Waals surface area contributed by atoms with Gasteiger partial charge in [-0.2, -0.15) is 0 Å². The Morgan fingerprint density at radius 3 is 0.672 bits per heavy atom. The highest BCUT2D eigenvalue weighted by atomic mass is 14.8. The molecule has 5 heterocycles. The molecule has 7 aromatic rings. The first-order valence-corrected chi connectivity index (χ1v) is 24.4. The van der Waals surface area contributed by atoms with Crippen molar-refractivity contribution in [2.24, 2.45) is 0 Å². The van der Waals surface area contributed by atoms with Crippen molar-refractivity contribution in [2.45, 2.75) is 98.7 Å². The molecule has 8 atom stereocenters. The van der Waals surface area contributed by atoms with E-state index in [1.165, 1.54) is 140 Å². The molecule has 0 saturated carbocycles. The van der Waals surface area contributed by atoms with Crippen molar-refractivity contribution in [2.75, 3.05) is 0 Å². The summed E-state index contributed by atoms with van der Waals surface area (Å²) in [5, 5.41) is 5.14. The van der Waals surface area contributed by atoms with E-state index in [0.717, 1.165) is 44.8 Å². The van der Waals surface area contributed by atoms with Crippen molar-refractivity contribution in [3.63, 3.8) is 0 Å². The summed E-state index contributed by atoms with van der Waals surface area (Å²) < 4.78 is 0. The van der Waals surface area contributed by atoms with Gasteiger partial charge in [0.05, 0.1) is 22.8 Å². The molecule has 0 radical (unpaired) electrons. The zero-order chi connectivity index (χ0) is 41.1. The number of nitrogens with zero attached hydrogens (tertiary/aromatic N) is 2. The summed E-state index contributed by atoms with van der Waals surface area (Å²) in [7, 11) is 0. The molecule has 16 bridgehead atoms. The molecule has 0 amide bonds. The lowest BCUT2D eigenvalue weighted by atomic mass is 9.70. The maximum atomic E-state index is 5.68. The number of aromatic nitrogens is 4. The fourth-order valence-electron chi connectivity index (χ4n) is 14.7. The molecule has 2 aliphatic heterocycles. The Morgan fingerprint density at radius 1 is 0.266 bits per heavy atom. The fraction of sp³-hybridized carbons (Fsp3) is 0.267. The second-order valence-corrected chi connectivity index (χ2v) is 21.1. The van der Waals surface area contributed by atoms with E-state index in [-0.39, 0.29) is 0 Å². The minimum atomic E-state index is 0.484. The molecular weight excluding hydrogens is 777 g/mol. The van der Waals surface area contributed by atoms with Gasteiger partial charge < -0.3 is 9.97 Å². The van der Waals surface area contributed by atoms with E-state index in [1.54, 1.807) is 0 Å². The molecule has 0 spiro atoms. The van der Waals surface area contributed by atoms with Crippen LogP contribution in [0.5, 0.6) is 0 Å². The molecule has 306 valence electrons. The highest BCUT2D eigenvalue weighted by Gasteiger charge is 2.35. The van der Waals surface area contributed by atoms with Gasteiger partial charge in [0.1, 0.15) is 0 Å². The minimum absolute atomic E-state index is 0.484. The van der Waals surface area contributed by atoms with Crippen LogP contribution in [-0.2, 0) is 0 Å². The summed E-state index contributed by atoms with van der Waals surface area (Å²) in [6, 6.07) is 29.7. The average molecular weight is 823 g/mol. The van der Waals surface area contributed by atoms with Gasteiger partial charge in [-0.25, -0.2) is 9.97 Å². The van der Waals surface area contributed by atoms with Crippen molar-refractivity contribution in [1.82, 2.24) is 19.9 Å². The van der Waals surface area contributed by atoms with Crippen LogP contribution in [0.15, 0.2) is 121 Å². The topological polar surface area (TPSA) is 57.4 Å². The molecule has 14 aliphatic rings. The summed E-state index contributed by atoms with van der Waals surface area (Å²) in [5.41, 5.74) is 25.8. The first-order valence-electron chi connectivity index (χ1n) is 24.4. The molecule has 64 heavy (non-hydrogen) atoms. The van der Waals surface area contributed by atoms with Crippen LogP contribution in [0, 0.1) is 0 Å². The molecule has 8 unspecified atom stereocenters. The normalized spacial score (nSPS) is 27.2.